The molecule has 1 fully saturated rings. The van der Waals surface area contributed by atoms with Crippen LogP contribution in [0.25, 0.3) is 16.6 Å². The van der Waals surface area contributed by atoms with Gasteiger partial charge in [-0.1, -0.05) is 12.1 Å². The van der Waals surface area contributed by atoms with E-state index in [1.807, 2.05) is 4.90 Å². The number of fused-ring (bicyclic) bond motifs is 1. The lowest BCUT2D eigenvalue weighted by molar-refractivity contribution is -0.137. The Morgan fingerprint density at radius 2 is 1.70 bits per heavy atom. The first-order valence-electron chi connectivity index (χ1n) is 9.78. The first-order chi connectivity index (χ1) is 14.4. The molecule has 0 saturated carbocycles. The molecule has 8 heteroatoms. The van der Waals surface area contributed by atoms with Gasteiger partial charge in [-0.2, -0.15) is 13.2 Å². The van der Waals surface area contributed by atoms with Crippen LogP contribution >= 0.6 is 0 Å². The number of pyridine rings is 1. The third-order valence-corrected chi connectivity index (χ3v) is 5.50. The molecule has 4 rings (SSSR count). The Hall–Kier alpha value is -2.84. The van der Waals surface area contributed by atoms with Gasteiger partial charge >= 0.3 is 6.18 Å². The minimum Gasteiger partial charge on any atom is -0.395 e. The lowest BCUT2D eigenvalue weighted by atomic mass is 10.1. The predicted octanol–water partition coefficient (Wildman–Crippen LogP) is 3.12. The molecule has 1 aromatic heterocycles. The molecule has 2 aromatic carbocycles. The molecule has 1 saturated heterocycles. The van der Waals surface area contributed by atoms with Crippen molar-refractivity contribution in [3.63, 3.8) is 0 Å². The van der Waals surface area contributed by atoms with Gasteiger partial charge in [-0.05, 0) is 30.3 Å². The van der Waals surface area contributed by atoms with Gasteiger partial charge in [0, 0.05) is 56.1 Å². The number of aliphatic hydroxyl groups excluding tert-OH is 1. The number of para-hydroxylation sites is 1. The molecule has 2 heterocycles. The van der Waals surface area contributed by atoms with Gasteiger partial charge in [0.2, 0.25) is 0 Å². The Morgan fingerprint density at radius 1 is 0.967 bits per heavy atom. The molecule has 0 atom stereocenters. The molecule has 0 spiro atoms. The quantitative estimate of drug-likeness (QED) is 0.709. The van der Waals surface area contributed by atoms with Crippen LogP contribution < -0.4 is 10.3 Å². The van der Waals surface area contributed by atoms with E-state index in [-0.39, 0.29) is 17.7 Å². The van der Waals surface area contributed by atoms with Crippen molar-refractivity contribution in [1.29, 1.82) is 0 Å². The zero-order chi connectivity index (χ0) is 21.3. The first kappa shape index (κ1) is 20.4. The summed E-state index contributed by atoms with van der Waals surface area (Å²) in [6.07, 6.45) is -3.16. The SMILES string of the molecule is O=c1ccn(-c2ccc(N3CCN(CCO)CC3)cc2C(F)(F)F)c2ccccc12. The molecule has 0 bridgehead atoms. The van der Waals surface area contributed by atoms with E-state index in [4.69, 9.17) is 5.11 Å². The van der Waals surface area contributed by atoms with Crippen LogP contribution in [0.3, 0.4) is 0 Å². The number of alkyl halides is 3. The third-order valence-electron chi connectivity index (χ3n) is 5.50. The molecule has 0 unspecified atom stereocenters. The summed E-state index contributed by atoms with van der Waals surface area (Å²) in [6, 6.07) is 12.3. The van der Waals surface area contributed by atoms with E-state index in [1.54, 1.807) is 30.3 Å². The van der Waals surface area contributed by atoms with Gasteiger partial charge in [-0.25, -0.2) is 0 Å². The summed E-state index contributed by atoms with van der Waals surface area (Å²) in [7, 11) is 0. The summed E-state index contributed by atoms with van der Waals surface area (Å²) in [5.74, 6) is 0. The number of nitrogens with zero attached hydrogens (tertiary/aromatic N) is 3. The van der Waals surface area contributed by atoms with E-state index in [1.165, 1.54) is 29.0 Å². The molecule has 5 nitrogen and oxygen atoms in total. The van der Waals surface area contributed by atoms with Crippen molar-refractivity contribution in [2.45, 2.75) is 6.18 Å². The number of β-amino-alcohol motifs (C(OH)–C–C–N with tert-alkyl or cyclic N) is 1. The lowest BCUT2D eigenvalue weighted by Gasteiger charge is -2.36. The maximum Gasteiger partial charge on any atom is 0.418 e. The van der Waals surface area contributed by atoms with Gasteiger partial charge < -0.3 is 14.6 Å². The zero-order valence-electron chi connectivity index (χ0n) is 16.3. The van der Waals surface area contributed by atoms with Gasteiger partial charge in [0.15, 0.2) is 5.43 Å². The normalized spacial score (nSPS) is 15.7. The number of piperazine rings is 1. The van der Waals surface area contributed by atoms with Crippen LogP contribution in [0.2, 0.25) is 0 Å². The Bertz CT molecular complexity index is 1100. The Balaban J connectivity index is 1.76. The molecule has 0 amide bonds. The Kier molecular flexibility index (Phi) is 5.53. The van der Waals surface area contributed by atoms with Crippen LogP contribution in [0.1, 0.15) is 5.56 Å². The van der Waals surface area contributed by atoms with Crippen LogP contribution in [0.4, 0.5) is 18.9 Å². The molecule has 1 aliphatic rings. The van der Waals surface area contributed by atoms with Gasteiger partial charge in [-0.3, -0.25) is 9.69 Å². The summed E-state index contributed by atoms with van der Waals surface area (Å²) in [5.41, 5.74) is -0.0401. The van der Waals surface area contributed by atoms with Crippen molar-refractivity contribution in [3.05, 3.63) is 70.5 Å². The van der Waals surface area contributed by atoms with E-state index in [0.29, 0.717) is 49.3 Å². The van der Waals surface area contributed by atoms with Crippen molar-refractivity contribution in [2.75, 3.05) is 44.2 Å². The second-order valence-electron chi connectivity index (χ2n) is 7.32. The molecule has 158 valence electrons. The molecule has 1 N–H and O–H groups in total. The molecule has 0 radical (unpaired) electrons. The highest BCUT2D eigenvalue weighted by Gasteiger charge is 2.35. The van der Waals surface area contributed by atoms with Crippen molar-refractivity contribution >= 4 is 16.6 Å². The average Bonchev–Trinajstić information content (AvgIpc) is 2.74. The highest BCUT2D eigenvalue weighted by atomic mass is 19.4. The summed E-state index contributed by atoms with van der Waals surface area (Å²) in [4.78, 5) is 16.1. The minimum atomic E-state index is -4.55. The van der Waals surface area contributed by atoms with E-state index < -0.39 is 11.7 Å². The molecule has 0 aliphatic carbocycles. The summed E-state index contributed by atoms with van der Waals surface area (Å²) < 4.78 is 43.4. The fraction of sp³-hybridized carbons (Fsp3) is 0.318. The van der Waals surface area contributed by atoms with Crippen LogP contribution in [-0.4, -0.2) is 53.9 Å². The third kappa shape index (κ3) is 3.93. The summed E-state index contributed by atoms with van der Waals surface area (Å²) >= 11 is 0. The predicted molar refractivity (Wildman–Crippen MR) is 110 cm³/mol. The molecule has 3 aromatic rings. The maximum absolute atomic E-state index is 14.0. The van der Waals surface area contributed by atoms with Gasteiger partial charge in [0.25, 0.3) is 0 Å². The van der Waals surface area contributed by atoms with Crippen molar-refractivity contribution in [3.8, 4) is 5.69 Å². The largest absolute Gasteiger partial charge is 0.418 e. The zero-order valence-corrected chi connectivity index (χ0v) is 16.3. The standard InChI is InChI=1S/C22H22F3N3O2/c23-22(24,25)18-15-16(27-11-9-26(10-12-27)13-14-29)5-6-20(18)28-8-7-21(30)17-3-1-2-4-19(17)28/h1-8,15,29H,9-14H2. The fourth-order valence-corrected chi connectivity index (χ4v) is 3.94. The Morgan fingerprint density at radius 3 is 2.40 bits per heavy atom. The van der Waals surface area contributed by atoms with Crippen LogP contribution in [0, 0.1) is 0 Å². The molecular formula is C22H22F3N3O2. The van der Waals surface area contributed by atoms with Crippen LogP contribution in [0.5, 0.6) is 0 Å². The minimum absolute atomic E-state index is 0.0126. The Labute approximate surface area is 171 Å². The topological polar surface area (TPSA) is 48.7 Å². The fourth-order valence-electron chi connectivity index (χ4n) is 3.94. The lowest BCUT2D eigenvalue weighted by Crippen LogP contribution is -2.47. The smallest absolute Gasteiger partial charge is 0.395 e. The van der Waals surface area contributed by atoms with Crippen molar-refractivity contribution < 1.29 is 18.3 Å². The highest BCUT2D eigenvalue weighted by Crippen LogP contribution is 2.37. The number of anilines is 1. The van der Waals surface area contributed by atoms with E-state index in [0.717, 1.165) is 0 Å². The second-order valence-corrected chi connectivity index (χ2v) is 7.32. The summed E-state index contributed by atoms with van der Waals surface area (Å²) in [6.45, 7) is 3.21. The number of hydrogen-bond donors (Lipinski definition) is 1. The monoisotopic (exact) mass is 417 g/mol. The van der Waals surface area contributed by atoms with Crippen LogP contribution in [0.15, 0.2) is 59.5 Å². The number of aliphatic hydroxyl groups is 1. The maximum atomic E-state index is 14.0. The number of benzene rings is 2. The number of rotatable bonds is 4. The molecule has 30 heavy (non-hydrogen) atoms. The van der Waals surface area contributed by atoms with Gasteiger partial charge in [-0.15, -0.1) is 0 Å². The first-order valence-corrected chi connectivity index (χ1v) is 9.78. The second kappa shape index (κ2) is 8.12. The molecular weight excluding hydrogens is 395 g/mol. The van der Waals surface area contributed by atoms with E-state index in [9.17, 15) is 18.0 Å². The molecule has 1 aliphatic heterocycles. The van der Waals surface area contributed by atoms with E-state index in [2.05, 4.69) is 4.90 Å². The van der Waals surface area contributed by atoms with Crippen LogP contribution in [-0.2, 0) is 6.18 Å². The number of hydrogen-bond acceptors (Lipinski definition) is 4. The average molecular weight is 417 g/mol. The van der Waals surface area contributed by atoms with Gasteiger partial charge in [0.1, 0.15) is 0 Å². The highest BCUT2D eigenvalue weighted by molar-refractivity contribution is 5.81. The number of aromatic nitrogens is 1. The summed E-state index contributed by atoms with van der Waals surface area (Å²) in [5, 5.41) is 9.43. The van der Waals surface area contributed by atoms with E-state index >= 15 is 0 Å². The number of halogens is 3. The van der Waals surface area contributed by atoms with Gasteiger partial charge in [0.05, 0.1) is 23.4 Å². The van der Waals surface area contributed by atoms with Crippen molar-refractivity contribution in [2.24, 2.45) is 0 Å². The van der Waals surface area contributed by atoms with Crippen molar-refractivity contribution in [1.82, 2.24) is 9.47 Å².